The van der Waals surface area contributed by atoms with Gasteiger partial charge in [0.25, 0.3) is 0 Å². The number of halogens is 1. The number of pyridine rings is 1. The van der Waals surface area contributed by atoms with Gasteiger partial charge < -0.3 is 9.64 Å². The second-order valence-electron chi connectivity index (χ2n) is 6.95. The van der Waals surface area contributed by atoms with Crippen LogP contribution in [0.4, 0.5) is 4.79 Å². The minimum absolute atomic E-state index is 0.143. The number of aromatic amines is 1. The van der Waals surface area contributed by atoms with Crippen LogP contribution < -0.4 is 0 Å². The minimum atomic E-state index is -0.278. The van der Waals surface area contributed by atoms with E-state index in [9.17, 15) is 4.79 Å². The molecule has 4 rings (SSSR count). The van der Waals surface area contributed by atoms with E-state index in [4.69, 9.17) is 16.3 Å². The maximum absolute atomic E-state index is 12.7. The molecular formula is C20H21ClN4O2. The maximum Gasteiger partial charge on any atom is 0.410 e. The molecule has 2 atom stereocenters. The standard InChI is InChI=1S/C20H21ClN4O2/c1-13-7-8-15(17-16-9-10-22-19(21)18(16)24-23-17)11-25(13)20(26)27-12-14-5-3-2-4-6-14/h2-6,9-10,13,15H,7-8,11-12H2,1H3,(H,23,24)/t13-,15+/m0/s1. The van der Waals surface area contributed by atoms with Gasteiger partial charge in [-0.25, -0.2) is 9.78 Å². The number of nitrogens with one attached hydrogen (secondary N) is 1. The summed E-state index contributed by atoms with van der Waals surface area (Å²) >= 11 is 6.13. The molecule has 6 nitrogen and oxygen atoms in total. The molecule has 1 amide bonds. The summed E-state index contributed by atoms with van der Waals surface area (Å²) in [4.78, 5) is 18.5. The number of hydrogen-bond acceptors (Lipinski definition) is 4. The van der Waals surface area contributed by atoms with Crippen LogP contribution in [0, 0.1) is 0 Å². The molecule has 0 aliphatic carbocycles. The van der Waals surface area contributed by atoms with E-state index in [0.717, 1.165) is 29.5 Å². The molecule has 3 aromatic rings. The molecule has 1 aromatic carbocycles. The highest BCUT2D eigenvalue weighted by molar-refractivity contribution is 6.33. The van der Waals surface area contributed by atoms with Gasteiger partial charge in [0, 0.05) is 35.8 Å². The highest BCUT2D eigenvalue weighted by Gasteiger charge is 2.32. The van der Waals surface area contributed by atoms with Crippen molar-refractivity contribution in [1.82, 2.24) is 20.1 Å². The number of nitrogens with zero attached hydrogens (tertiary/aromatic N) is 3. The molecule has 1 aliphatic rings. The summed E-state index contributed by atoms with van der Waals surface area (Å²) in [7, 11) is 0. The average molecular weight is 385 g/mol. The Labute approximate surface area is 162 Å². The second kappa shape index (κ2) is 7.56. The van der Waals surface area contributed by atoms with Gasteiger partial charge in [0.2, 0.25) is 0 Å². The van der Waals surface area contributed by atoms with Crippen LogP contribution in [-0.4, -0.2) is 38.8 Å². The number of carbonyl (C=O) groups excluding carboxylic acids is 1. The highest BCUT2D eigenvalue weighted by atomic mass is 35.5. The fourth-order valence-electron chi connectivity index (χ4n) is 3.64. The van der Waals surface area contributed by atoms with Crippen molar-refractivity contribution in [1.29, 1.82) is 0 Å². The SMILES string of the molecule is C[C@H]1CC[C@@H](c2[nH]nc3c(Cl)nccc23)CN1C(=O)OCc1ccccc1. The van der Waals surface area contributed by atoms with Crippen molar-refractivity contribution in [3.8, 4) is 0 Å². The van der Waals surface area contributed by atoms with Crippen molar-refractivity contribution >= 4 is 28.6 Å². The lowest BCUT2D eigenvalue weighted by Crippen LogP contribution is -2.45. The first-order valence-corrected chi connectivity index (χ1v) is 9.47. The number of ether oxygens (including phenoxy) is 1. The van der Waals surface area contributed by atoms with E-state index in [1.165, 1.54) is 0 Å². The molecule has 2 aromatic heterocycles. The zero-order chi connectivity index (χ0) is 18.8. The first-order chi connectivity index (χ1) is 13.1. The van der Waals surface area contributed by atoms with Crippen LogP contribution >= 0.6 is 11.6 Å². The van der Waals surface area contributed by atoms with E-state index in [1.54, 1.807) is 6.20 Å². The van der Waals surface area contributed by atoms with E-state index < -0.39 is 0 Å². The van der Waals surface area contributed by atoms with Crippen LogP contribution in [-0.2, 0) is 11.3 Å². The molecule has 0 unspecified atom stereocenters. The van der Waals surface area contributed by atoms with Crippen LogP contribution in [0.25, 0.3) is 10.9 Å². The number of carbonyl (C=O) groups is 1. The summed E-state index contributed by atoms with van der Waals surface area (Å²) in [6, 6.07) is 11.8. The Balaban J connectivity index is 1.49. The van der Waals surface area contributed by atoms with Gasteiger partial charge in [0.1, 0.15) is 12.1 Å². The number of amides is 1. The first-order valence-electron chi connectivity index (χ1n) is 9.09. The summed E-state index contributed by atoms with van der Waals surface area (Å²) in [5.74, 6) is 0.161. The Hall–Kier alpha value is -2.60. The van der Waals surface area contributed by atoms with E-state index in [0.29, 0.717) is 17.2 Å². The molecule has 0 saturated carbocycles. The Kier molecular flexibility index (Phi) is 4.99. The number of fused-ring (bicyclic) bond motifs is 1. The number of hydrogen-bond donors (Lipinski definition) is 1. The largest absolute Gasteiger partial charge is 0.445 e. The number of aromatic nitrogens is 3. The summed E-state index contributed by atoms with van der Waals surface area (Å²) in [6.07, 6.45) is 3.28. The molecule has 0 bridgehead atoms. The third-order valence-electron chi connectivity index (χ3n) is 5.19. The molecule has 27 heavy (non-hydrogen) atoms. The molecule has 7 heteroatoms. The highest BCUT2D eigenvalue weighted by Crippen LogP contribution is 2.34. The normalized spacial score (nSPS) is 20.0. The Bertz CT molecular complexity index is 944. The molecule has 1 aliphatic heterocycles. The Morgan fingerprint density at radius 3 is 2.93 bits per heavy atom. The van der Waals surface area contributed by atoms with Gasteiger partial charge >= 0.3 is 6.09 Å². The monoisotopic (exact) mass is 384 g/mol. The summed E-state index contributed by atoms with van der Waals surface area (Å²) in [6.45, 7) is 2.93. The third kappa shape index (κ3) is 3.62. The van der Waals surface area contributed by atoms with Crippen LogP contribution in [0.1, 0.15) is 36.9 Å². The molecule has 140 valence electrons. The van der Waals surface area contributed by atoms with E-state index >= 15 is 0 Å². The molecule has 1 fully saturated rings. The van der Waals surface area contributed by atoms with Crippen molar-refractivity contribution < 1.29 is 9.53 Å². The van der Waals surface area contributed by atoms with Crippen molar-refractivity contribution in [2.24, 2.45) is 0 Å². The van der Waals surface area contributed by atoms with Crippen molar-refractivity contribution in [2.75, 3.05) is 6.54 Å². The van der Waals surface area contributed by atoms with Gasteiger partial charge in [0.15, 0.2) is 5.15 Å². The fraction of sp³-hybridized carbons (Fsp3) is 0.350. The van der Waals surface area contributed by atoms with Crippen LogP contribution in [0.2, 0.25) is 5.15 Å². The predicted molar refractivity (Wildman–Crippen MR) is 104 cm³/mol. The number of benzene rings is 1. The van der Waals surface area contributed by atoms with Crippen LogP contribution in [0.15, 0.2) is 42.6 Å². The first kappa shape index (κ1) is 17.8. The molecule has 0 spiro atoms. The number of piperidine rings is 1. The number of rotatable bonds is 3. The molecule has 1 saturated heterocycles. The van der Waals surface area contributed by atoms with Gasteiger partial charge in [-0.15, -0.1) is 0 Å². The summed E-state index contributed by atoms with van der Waals surface area (Å²) in [5.41, 5.74) is 2.65. The van der Waals surface area contributed by atoms with Crippen molar-refractivity contribution in [2.45, 2.75) is 38.3 Å². The van der Waals surface area contributed by atoms with Crippen LogP contribution in [0.3, 0.4) is 0 Å². The number of likely N-dealkylation sites (tertiary alicyclic amines) is 1. The molecule has 1 N–H and O–H groups in total. The number of H-pyrrole nitrogens is 1. The van der Waals surface area contributed by atoms with Gasteiger partial charge in [0.05, 0.1) is 0 Å². The topological polar surface area (TPSA) is 71.1 Å². The zero-order valence-electron chi connectivity index (χ0n) is 15.1. The smallest absolute Gasteiger partial charge is 0.410 e. The predicted octanol–water partition coefficient (Wildman–Crippen LogP) is 4.52. The summed E-state index contributed by atoms with van der Waals surface area (Å²) in [5, 5.41) is 8.76. The van der Waals surface area contributed by atoms with E-state index in [1.807, 2.05) is 41.3 Å². The molecule has 0 radical (unpaired) electrons. The zero-order valence-corrected chi connectivity index (χ0v) is 15.8. The lowest BCUT2D eigenvalue weighted by Gasteiger charge is -2.37. The van der Waals surface area contributed by atoms with E-state index in [-0.39, 0.29) is 24.7 Å². The van der Waals surface area contributed by atoms with Crippen molar-refractivity contribution in [3.63, 3.8) is 0 Å². The van der Waals surface area contributed by atoms with Crippen molar-refractivity contribution in [3.05, 3.63) is 59.0 Å². The summed E-state index contributed by atoms with van der Waals surface area (Å²) < 4.78 is 5.54. The third-order valence-corrected chi connectivity index (χ3v) is 5.46. The molecule has 3 heterocycles. The lowest BCUT2D eigenvalue weighted by molar-refractivity contribution is 0.0672. The minimum Gasteiger partial charge on any atom is -0.445 e. The molecular weight excluding hydrogens is 364 g/mol. The average Bonchev–Trinajstić information content (AvgIpc) is 3.13. The van der Waals surface area contributed by atoms with E-state index in [2.05, 4.69) is 22.1 Å². The lowest BCUT2D eigenvalue weighted by atomic mass is 9.90. The van der Waals surface area contributed by atoms with Gasteiger partial charge in [-0.1, -0.05) is 41.9 Å². The van der Waals surface area contributed by atoms with Gasteiger partial charge in [-0.05, 0) is 31.4 Å². The van der Waals surface area contributed by atoms with Gasteiger partial charge in [-0.3, -0.25) is 5.10 Å². The fourth-order valence-corrected chi connectivity index (χ4v) is 3.84. The van der Waals surface area contributed by atoms with Gasteiger partial charge in [-0.2, -0.15) is 5.10 Å². The Morgan fingerprint density at radius 2 is 2.11 bits per heavy atom. The Morgan fingerprint density at radius 1 is 1.30 bits per heavy atom. The van der Waals surface area contributed by atoms with Crippen LogP contribution in [0.5, 0.6) is 0 Å². The maximum atomic E-state index is 12.7. The quantitative estimate of drug-likeness (QED) is 0.674. The second-order valence-corrected chi connectivity index (χ2v) is 7.31.